The molecule has 108 valence electrons. The molecule has 1 unspecified atom stereocenters. The lowest BCUT2D eigenvalue weighted by Gasteiger charge is -2.26. The van der Waals surface area contributed by atoms with Crippen LogP contribution in [0.25, 0.3) is 0 Å². The molecule has 4 rings (SSSR count). The highest BCUT2D eigenvalue weighted by atomic mass is 16.6. The van der Waals surface area contributed by atoms with E-state index in [4.69, 9.17) is 9.47 Å². The van der Waals surface area contributed by atoms with Crippen molar-refractivity contribution >= 4 is 0 Å². The number of rotatable bonds is 1. The average Bonchev–Trinajstić information content (AvgIpc) is 2.54. The normalized spacial score (nSPS) is 19.9. The number of fused-ring (bicyclic) bond motifs is 2. The maximum atomic E-state index is 12.2. The van der Waals surface area contributed by atoms with E-state index in [2.05, 4.69) is 15.3 Å². The lowest BCUT2D eigenvalue weighted by Crippen LogP contribution is -2.34. The summed E-state index contributed by atoms with van der Waals surface area (Å²) in [5, 5.41) is 3.23. The third-order valence-corrected chi connectivity index (χ3v) is 3.78. The zero-order valence-electron chi connectivity index (χ0n) is 11.4. The largest absolute Gasteiger partial charge is 0.485 e. The van der Waals surface area contributed by atoms with Gasteiger partial charge in [0.1, 0.15) is 6.61 Å². The van der Waals surface area contributed by atoms with Gasteiger partial charge < -0.3 is 19.8 Å². The van der Waals surface area contributed by atoms with Crippen LogP contribution in [0, 0.1) is 0 Å². The molecule has 21 heavy (non-hydrogen) atoms. The molecule has 1 aromatic carbocycles. The average molecular weight is 285 g/mol. The van der Waals surface area contributed by atoms with E-state index in [0.29, 0.717) is 31.1 Å². The van der Waals surface area contributed by atoms with Crippen LogP contribution in [0.4, 0.5) is 0 Å². The molecule has 3 heterocycles. The number of aromatic nitrogens is 2. The van der Waals surface area contributed by atoms with Gasteiger partial charge in [0.15, 0.2) is 23.4 Å². The van der Waals surface area contributed by atoms with Crippen molar-refractivity contribution in [2.45, 2.75) is 19.1 Å². The Hall–Kier alpha value is -2.34. The summed E-state index contributed by atoms with van der Waals surface area (Å²) >= 11 is 0. The third kappa shape index (κ3) is 2.17. The molecule has 0 fully saturated rings. The van der Waals surface area contributed by atoms with Crippen molar-refractivity contribution in [1.29, 1.82) is 0 Å². The Morgan fingerprint density at radius 1 is 1.24 bits per heavy atom. The van der Waals surface area contributed by atoms with Crippen LogP contribution in [0.2, 0.25) is 0 Å². The number of ether oxygens (including phenoxy) is 2. The topological polar surface area (TPSA) is 76.2 Å². The summed E-state index contributed by atoms with van der Waals surface area (Å²) in [5.74, 6) is 1.92. The highest BCUT2D eigenvalue weighted by molar-refractivity contribution is 5.41. The van der Waals surface area contributed by atoms with Crippen LogP contribution in [0.15, 0.2) is 29.1 Å². The Balaban J connectivity index is 1.69. The lowest BCUT2D eigenvalue weighted by molar-refractivity contribution is 0.0846. The van der Waals surface area contributed by atoms with Crippen molar-refractivity contribution in [2.24, 2.45) is 0 Å². The van der Waals surface area contributed by atoms with E-state index in [0.717, 1.165) is 23.6 Å². The van der Waals surface area contributed by atoms with Gasteiger partial charge in [0.2, 0.25) is 0 Å². The van der Waals surface area contributed by atoms with Gasteiger partial charge in [0.05, 0.1) is 5.69 Å². The molecule has 2 N–H and O–H groups in total. The molecule has 0 amide bonds. The van der Waals surface area contributed by atoms with Crippen molar-refractivity contribution in [2.75, 3.05) is 13.2 Å². The summed E-state index contributed by atoms with van der Waals surface area (Å²) in [6.45, 7) is 1.77. The monoisotopic (exact) mass is 285 g/mol. The van der Waals surface area contributed by atoms with Crippen molar-refractivity contribution in [3.05, 3.63) is 51.7 Å². The number of hydrogen-bond donors (Lipinski definition) is 2. The van der Waals surface area contributed by atoms with Crippen molar-refractivity contribution in [3.8, 4) is 11.5 Å². The number of aromatic amines is 1. The van der Waals surface area contributed by atoms with Crippen molar-refractivity contribution in [3.63, 3.8) is 0 Å². The number of hydrogen-bond acceptors (Lipinski definition) is 5. The molecule has 2 aromatic rings. The fourth-order valence-corrected chi connectivity index (χ4v) is 2.69. The maximum absolute atomic E-state index is 12.2. The first-order valence-electron chi connectivity index (χ1n) is 7.02. The number of benzene rings is 1. The van der Waals surface area contributed by atoms with Crippen LogP contribution in [0.5, 0.6) is 11.5 Å². The molecule has 0 radical (unpaired) electrons. The van der Waals surface area contributed by atoms with E-state index in [-0.39, 0.29) is 11.7 Å². The minimum absolute atomic E-state index is 0.0704. The molecule has 1 aromatic heterocycles. The predicted octanol–water partition coefficient (Wildman–Crippen LogP) is 0.928. The molecule has 0 bridgehead atoms. The summed E-state index contributed by atoms with van der Waals surface area (Å²) in [4.78, 5) is 19.5. The van der Waals surface area contributed by atoms with Gasteiger partial charge in [-0.1, -0.05) is 12.1 Å². The van der Waals surface area contributed by atoms with Crippen LogP contribution in [0.3, 0.4) is 0 Å². The molecule has 0 saturated heterocycles. The Morgan fingerprint density at radius 3 is 3.00 bits per heavy atom. The van der Waals surface area contributed by atoms with Gasteiger partial charge in [-0.3, -0.25) is 4.79 Å². The van der Waals surface area contributed by atoms with Crippen LogP contribution < -0.4 is 20.3 Å². The Kier molecular flexibility index (Phi) is 2.89. The van der Waals surface area contributed by atoms with E-state index in [1.54, 1.807) is 0 Å². The van der Waals surface area contributed by atoms with E-state index in [9.17, 15) is 4.79 Å². The Bertz CT molecular complexity index is 741. The fraction of sp³-hybridized carbons (Fsp3) is 0.333. The molecule has 2 aliphatic rings. The molecular weight excluding hydrogens is 270 g/mol. The molecule has 1 atom stereocenters. The number of nitrogens with zero attached hydrogens (tertiary/aromatic N) is 1. The predicted molar refractivity (Wildman–Crippen MR) is 75.6 cm³/mol. The second-order valence-electron chi connectivity index (χ2n) is 5.17. The number of para-hydroxylation sites is 2. The summed E-state index contributed by atoms with van der Waals surface area (Å²) in [6.07, 6.45) is 0.322. The van der Waals surface area contributed by atoms with Crippen molar-refractivity contribution in [1.82, 2.24) is 15.3 Å². The summed E-state index contributed by atoms with van der Waals surface area (Å²) in [7, 11) is 0. The summed E-state index contributed by atoms with van der Waals surface area (Å²) in [6, 6.07) is 7.49. The smallest absolute Gasteiger partial charge is 0.254 e. The maximum Gasteiger partial charge on any atom is 0.254 e. The molecular formula is C15H15N3O3. The van der Waals surface area contributed by atoms with Gasteiger partial charge in [0.25, 0.3) is 5.56 Å². The van der Waals surface area contributed by atoms with Gasteiger partial charge >= 0.3 is 0 Å². The van der Waals surface area contributed by atoms with Crippen LogP contribution >= 0.6 is 0 Å². The Labute approximate surface area is 121 Å². The quantitative estimate of drug-likeness (QED) is 0.815. The molecule has 2 aliphatic heterocycles. The molecule has 0 saturated carbocycles. The minimum atomic E-state index is -0.389. The SMILES string of the molecule is O=c1[nH]c(C2COc3ccccc3O2)nc2c1CCNC2. The molecule has 0 aliphatic carbocycles. The van der Waals surface area contributed by atoms with E-state index in [1.165, 1.54) is 0 Å². The second-order valence-corrected chi connectivity index (χ2v) is 5.17. The van der Waals surface area contributed by atoms with Gasteiger partial charge in [-0.2, -0.15) is 0 Å². The lowest BCUT2D eigenvalue weighted by atomic mass is 10.1. The van der Waals surface area contributed by atoms with Crippen LogP contribution in [-0.4, -0.2) is 23.1 Å². The fourth-order valence-electron chi connectivity index (χ4n) is 2.69. The first kappa shape index (κ1) is 12.4. The zero-order valence-corrected chi connectivity index (χ0v) is 11.4. The summed E-state index contributed by atoms with van der Waals surface area (Å²) in [5.41, 5.74) is 1.51. The van der Waals surface area contributed by atoms with E-state index in [1.807, 2.05) is 24.3 Å². The highest BCUT2D eigenvalue weighted by Gasteiger charge is 2.26. The van der Waals surface area contributed by atoms with Crippen molar-refractivity contribution < 1.29 is 9.47 Å². The summed E-state index contributed by atoms with van der Waals surface area (Å²) < 4.78 is 11.6. The van der Waals surface area contributed by atoms with E-state index < -0.39 is 0 Å². The van der Waals surface area contributed by atoms with Gasteiger partial charge in [0, 0.05) is 12.1 Å². The molecule has 6 nitrogen and oxygen atoms in total. The minimum Gasteiger partial charge on any atom is -0.485 e. The second kappa shape index (κ2) is 4.89. The van der Waals surface area contributed by atoms with Gasteiger partial charge in [-0.05, 0) is 25.1 Å². The standard InChI is InChI=1S/C15H15N3O3/c19-15-9-5-6-16-7-10(9)17-14(18-15)13-8-20-11-3-1-2-4-12(11)21-13/h1-4,13,16H,5-8H2,(H,17,18,19). The van der Waals surface area contributed by atoms with Crippen LogP contribution in [0.1, 0.15) is 23.2 Å². The third-order valence-electron chi connectivity index (χ3n) is 3.78. The highest BCUT2D eigenvalue weighted by Crippen LogP contribution is 2.34. The van der Waals surface area contributed by atoms with Crippen LogP contribution in [-0.2, 0) is 13.0 Å². The molecule has 6 heteroatoms. The van der Waals surface area contributed by atoms with Gasteiger partial charge in [-0.15, -0.1) is 0 Å². The molecule has 0 spiro atoms. The Morgan fingerprint density at radius 2 is 2.10 bits per heavy atom. The zero-order chi connectivity index (χ0) is 14.2. The number of H-pyrrole nitrogens is 1. The first-order valence-corrected chi connectivity index (χ1v) is 7.02. The van der Waals surface area contributed by atoms with E-state index >= 15 is 0 Å². The van der Waals surface area contributed by atoms with Gasteiger partial charge in [-0.25, -0.2) is 4.98 Å². The first-order chi connectivity index (χ1) is 10.3. The number of nitrogens with one attached hydrogen (secondary N) is 2.